The fourth-order valence-corrected chi connectivity index (χ4v) is 2.47. The van der Waals surface area contributed by atoms with Crippen molar-refractivity contribution in [2.75, 3.05) is 14.2 Å². The molecular formula is C19H28O4. The molecule has 0 aromatic heterocycles. The first-order valence-electron chi connectivity index (χ1n) is 7.94. The van der Waals surface area contributed by atoms with Gasteiger partial charge in [-0.1, -0.05) is 57.2 Å². The van der Waals surface area contributed by atoms with E-state index in [4.69, 9.17) is 14.2 Å². The fourth-order valence-electron chi connectivity index (χ4n) is 2.47. The van der Waals surface area contributed by atoms with Gasteiger partial charge in [0.25, 0.3) is 0 Å². The van der Waals surface area contributed by atoms with E-state index < -0.39 is 12.1 Å². The maximum absolute atomic E-state index is 11.5. The molecule has 3 atom stereocenters. The number of esters is 1. The maximum Gasteiger partial charge on any atom is 0.339 e. The molecular weight excluding hydrogens is 292 g/mol. The van der Waals surface area contributed by atoms with Crippen molar-refractivity contribution >= 4 is 5.97 Å². The van der Waals surface area contributed by atoms with Crippen molar-refractivity contribution in [1.82, 2.24) is 0 Å². The van der Waals surface area contributed by atoms with Gasteiger partial charge in [-0.25, -0.2) is 4.79 Å². The van der Waals surface area contributed by atoms with E-state index in [9.17, 15) is 4.79 Å². The lowest BCUT2D eigenvalue weighted by molar-refractivity contribution is -0.149. The Morgan fingerprint density at radius 1 is 1.09 bits per heavy atom. The highest BCUT2D eigenvalue weighted by Gasteiger charge is 2.21. The van der Waals surface area contributed by atoms with Crippen molar-refractivity contribution in [2.45, 2.75) is 39.6 Å². The normalized spacial score (nSPS) is 15.6. The molecule has 0 unspecified atom stereocenters. The number of rotatable bonds is 9. The van der Waals surface area contributed by atoms with E-state index in [0.29, 0.717) is 12.5 Å². The van der Waals surface area contributed by atoms with Crippen LogP contribution in [0.5, 0.6) is 0 Å². The Balaban J connectivity index is 2.66. The van der Waals surface area contributed by atoms with Crippen LogP contribution < -0.4 is 0 Å². The number of benzene rings is 1. The van der Waals surface area contributed by atoms with Crippen molar-refractivity contribution in [3.63, 3.8) is 0 Å². The second-order valence-corrected chi connectivity index (χ2v) is 5.93. The van der Waals surface area contributed by atoms with Crippen LogP contribution in [0.1, 0.15) is 26.3 Å². The Labute approximate surface area is 139 Å². The summed E-state index contributed by atoms with van der Waals surface area (Å²) < 4.78 is 15.9. The monoisotopic (exact) mass is 320 g/mol. The quantitative estimate of drug-likeness (QED) is 0.515. The molecule has 0 fully saturated rings. The minimum Gasteiger partial charge on any atom is -0.467 e. The zero-order valence-electron chi connectivity index (χ0n) is 14.7. The third kappa shape index (κ3) is 6.55. The molecule has 1 aromatic carbocycles. The van der Waals surface area contributed by atoms with Crippen molar-refractivity contribution in [2.24, 2.45) is 11.8 Å². The van der Waals surface area contributed by atoms with Gasteiger partial charge in [-0.15, -0.1) is 0 Å². The summed E-state index contributed by atoms with van der Waals surface area (Å²) in [6.45, 7) is 6.92. The summed E-state index contributed by atoms with van der Waals surface area (Å²) in [4.78, 5) is 11.5. The Bertz CT molecular complexity index is 481. The van der Waals surface area contributed by atoms with Crippen LogP contribution in [0.4, 0.5) is 0 Å². The molecule has 1 rings (SSSR count). The Morgan fingerprint density at radius 3 is 2.26 bits per heavy atom. The summed E-state index contributed by atoms with van der Waals surface area (Å²) in [7, 11) is 2.84. The first kappa shape index (κ1) is 19.4. The molecule has 4 heteroatoms. The third-order valence-corrected chi connectivity index (χ3v) is 3.74. The average Bonchev–Trinajstić information content (AvgIpc) is 2.55. The number of hydrogen-bond acceptors (Lipinski definition) is 4. The topological polar surface area (TPSA) is 44.8 Å². The highest BCUT2D eigenvalue weighted by molar-refractivity contribution is 5.76. The molecule has 128 valence electrons. The summed E-state index contributed by atoms with van der Waals surface area (Å²) in [5.41, 5.74) is 1.15. The average molecular weight is 320 g/mol. The van der Waals surface area contributed by atoms with Crippen LogP contribution in [0.15, 0.2) is 42.5 Å². The van der Waals surface area contributed by atoms with E-state index in [1.165, 1.54) is 14.2 Å². The van der Waals surface area contributed by atoms with E-state index in [-0.39, 0.29) is 12.0 Å². The van der Waals surface area contributed by atoms with Gasteiger partial charge in [-0.05, 0) is 17.6 Å². The molecule has 0 bridgehead atoms. The predicted molar refractivity (Wildman–Crippen MR) is 91.0 cm³/mol. The van der Waals surface area contributed by atoms with Crippen LogP contribution in [0.25, 0.3) is 0 Å². The van der Waals surface area contributed by atoms with Crippen molar-refractivity contribution in [3.8, 4) is 0 Å². The van der Waals surface area contributed by atoms with Gasteiger partial charge >= 0.3 is 5.97 Å². The molecule has 0 aliphatic rings. The number of methoxy groups -OCH3 is 2. The standard InChI is InChI=1S/C19H28O4/c1-14(2)18(23-13-16-9-7-6-8-10-16)15(3)11-12-17(21-4)19(20)22-5/h6-12,14-15,17-18H,13H2,1-5H3/b12-11+/t15-,17-,18-/m0/s1. The molecule has 0 N–H and O–H groups in total. The number of carbonyl (C=O) groups is 1. The third-order valence-electron chi connectivity index (χ3n) is 3.74. The SMILES string of the molecule is COC(=O)[C@H](/C=C/[C@H](C)[C@@H](OCc1ccccc1)C(C)C)OC. The molecule has 1 aromatic rings. The smallest absolute Gasteiger partial charge is 0.339 e. The summed E-state index contributed by atoms with van der Waals surface area (Å²) in [5, 5.41) is 0. The van der Waals surface area contributed by atoms with E-state index >= 15 is 0 Å². The Hall–Kier alpha value is -1.65. The van der Waals surface area contributed by atoms with Gasteiger partial charge in [0, 0.05) is 13.0 Å². The van der Waals surface area contributed by atoms with Crippen LogP contribution >= 0.6 is 0 Å². The second kappa shape index (κ2) is 10.2. The first-order valence-corrected chi connectivity index (χ1v) is 7.94. The molecule has 0 amide bonds. The maximum atomic E-state index is 11.5. The molecule has 23 heavy (non-hydrogen) atoms. The fraction of sp³-hybridized carbons (Fsp3) is 0.526. The van der Waals surface area contributed by atoms with Crippen LogP contribution in [0, 0.1) is 11.8 Å². The highest BCUT2D eigenvalue weighted by Crippen LogP contribution is 2.20. The zero-order valence-corrected chi connectivity index (χ0v) is 14.7. The van der Waals surface area contributed by atoms with Crippen molar-refractivity contribution in [1.29, 1.82) is 0 Å². The van der Waals surface area contributed by atoms with Gasteiger partial charge in [-0.3, -0.25) is 0 Å². The highest BCUT2D eigenvalue weighted by atomic mass is 16.6. The summed E-state index contributed by atoms with van der Waals surface area (Å²) >= 11 is 0. The first-order chi connectivity index (χ1) is 11.0. The van der Waals surface area contributed by atoms with Gasteiger partial charge in [0.05, 0.1) is 19.8 Å². The van der Waals surface area contributed by atoms with Gasteiger partial charge in [0.2, 0.25) is 0 Å². The van der Waals surface area contributed by atoms with Gasteiger partial charge in [0.1, 0.15) is 0 Å². The van der Waals surface area contributed by atoms with Gasteiger partial charge < -0.3 is 14.2 Å². The molecule has 4 nitrogen and oxygen atoms in total. The van der Waals surface area contributed by atoms with E-state index in [1.807, 2.05) is 24.3 Å². The Kier molecular flexibility index (Phi) is 8.59. The molecule has 0 heterocycles. The lowest BCUT2D eigenvalue weighted by Gasteiger charge is -2.26. The lowest BCUT2D eigenvalue weighted by Crippen LogP contribution is -2.27. The Morgan fingerprint density at radius 2 is 1.74 bits per heavy atom. The van der Waals surface area contributed by atoms with Crippen molar-refractivity contribution in [3.05, 3.63) is 48.0 Å². The number of ether oxygens (including phenoxy) is 3. The summed E-state index contributed by atoms with van der Waals surface area (Å²) in [5.74, 6) is 0.112. The van der Waals surface area contributed by atoms with Gasteiger partial charge in [-0.2, -0.15) is 0 Å². The molecule has 0 aliphatic heterocycles. The molecule has 0 radical (unpaired) electrons. The van der Waals surface area contributed by atoms with Crippen molar-refractivity contribution < 1.29 is 19.0 Å². The lowest BCUT2D eigenvalue weighted by atomic mass is 9.93. The minimum absolute atomic E-state index is 0.0570. The second-order valence-electron chi connectivity index (χ2n) is 5.93. The molecule has 0 saturated heterocycles. The molecule has 0 spiro atoms. The van der Waals surface area contributed by atoms with E-state index in [0.717, 1.165) is 5.56 Å². The van der Waals surface area contributed by atoms with Crippen LogP contribution in [-0.4, -0.2) is 32.4 Å². The number of carbonyl (C=O) groups excluding carboxylic acids is 1. The van der Waals surface area contributed by atoms with E-state index in [2.05, 4.69) is 32.9 Å². The molecule has 0 aliphatic carbocycles. The van der Waals surface area contributed by atoms with E-state index in [1.54, 1.807) is 6.08 Å². The van der Waals surface area contributed by atoms with Gasteiger partial charge in [0.15, 0.2) is 6.10 Å². The zero-order chi connectivity index (χ0) is 17.2. The minimum atomic E-state index is -0.676. The van der Waals surface area contributed by atoms with Crippen LogP contribution in [-0.2, 0) is 25.6 Å². The summed E-state index contributed by atoms with van der Waals surface area (Å²) in [6.07, 6.45) is 3.07. The largest absolute Gasteiger partial charge is 0.467 e. The summed E-state index contributed by atoms with van der Waals surface area (Å²) in [6, 6.07) is 10.1. The molecule has 0 saturated carbocycles. The predicted octanol–water partition coefficient (Wildman–Crippen LogP) is 3.61. The van der Waals surface area contributed by atoms with Crippen LogP contribution in [0.2, 0.25) is 0 Å². The van der Waals surface area contributed by atoms with Crippen LogP contribution in [0.3, 0.4) is 0 Å². The number of hydrogen-bond donors (Lipinski definition) is 0.